The second-order valence-electron chi connectivity index (χ2n) is 5.77. The fraction of sp³-hybridized carbons (Fsp3) is 0.467. The molecule has 7 nitrogen and oxygen atoms in total. The summed E-state index contributed by atoms with van der Waals surface area (Å²) in [7, 11) is -3.28. The van der Waals surface area contributed by atoms with Gasteiger partial charge in [-0.1, -0.05) is 0 Å². The molecular weight excluding hydrogens is 320 g/mol. The number of nitrogens with zero attached hydrogens (tertiary/aromatic N) is 1. The Labute approximate surface area is 135 Å². The zero-order chi connectivity index (χ0) is 17.2. The number of carbonyl (C=O) groups excluding carboxylic acids is 1. The van der Waals surface area contributed by atoms with Crippen LogP contribution in [0.1, 0.15) is 39.1 Å². The van der Waals surface area contributed by atoms with Gasteiger partial charge in [0.1, 0.15) is 0 Å². The van der Waals surface area contributed by atoms with Crippen LogP contribution in [0.5, 0.6) is 0 Å². The van der Waals surface area contributed by atoms with Gasteiger partial charge in [0.05, 0.1) is 11.8 Å². The predicted octanol–water partition coefficient (Wildman–Crippen LogP) is 0.847. The molecule has 2 N–H and O–H groups in total. The molecule has 0 spiro atoms. The van der Waals surface area contributed by atoms with Crippen LogP contribution in [0, 0.1) is 6.92 Å². The summed E-state index contributed by atoms with van der Waals surface area (Å²) in [6, 6.07) is 4.15. The van der Waals surface area contributed by atoms with Gasteiger partial charge in [-0.2, -0.15) is 4.31 Å². The number of hydrogen-bond acceptors (Lipinski definition) is 4. The average Bonchev–Trinajstić information content (AvgIpc) is 2.92. The van der Waals surface area contributed by atoms with Crippen molar-refractivity contribution in [1.82, 2.24) is 9.62 Å². The number of benzene rings is 1. The summed E-state index contributed by atoms with van der Waals surface area (Å²) in [5, 5.41) is 11.7. The molecule has 1 aliphatic heterocycles. The monoisotopic (exact) mass is 340 g/mol. The van der Waals surface area contributed by atoms with Crippen LogP contribution < -0.4 is 5.32 Å². The maximum absolute atomic E-state index is 12.2. The Morgan fingerprint density at radius 1 is 1.30 bits per heavy atom. The predicted molar refractivity (Wildman–Crippen MR) is 85.0 cm³/mol. The second kappa shape index (κ2) is 6.67. The maximum Gasteiger partial charge on any atom is 0.335 e. The molecule has 8 heteroatoms. The molecule has 0 aromatic heterocycles. The number of rotatable bonds is 5. The third-order valence-electron chi connectivity index (χ3n) is 3.83. The van der Waals surface area contributed by atoms with E-state index in [1.54, 1.807) is 13.0 Å². The van der Waals surface area contributed by atoms with Gasteiger partial charge in [-0.05, 0) is 43.5 Å². The van der Waals surface area contributed by atoms with E-state index >= 15 is 0 Å². The Hall–Kier alpha value is -1.93. The fourth-order valence-corrected chi connectivity index (χ4v) is 3.98. The first kappa shape index (κ1) is 17.4. The van der Waals surface area contributed by atoms with Crippen molar-refractivity contribution in [3.63, 3.8) is 0 Å². The molecule has 0 unspecified atom stereocenters. The van der Waals surface area contributed by atoms with Crippen molar-refractivity contribution in [2.45, 2.75) is 25.8 Å². The number of nitrogens with one attached hydrogen (secondary N) is 1. The lowest BCUT2D eigenvalue weighted by Crippen LogP contribution is -2.42. The maximum atomic E-state index is 12.2. The van der Waals surface area contributed by atoms with E-state index in [9.17, 15) is 18.0 Å². The van der Waals surface area contributed by atoms with Gasteiger partial charge in [0.15, 0.2) is 0 Å². The minimum absolute atomic E-state index is 0.0498. The number of aryl methyl sites for hydroxylation is 1. The van der Waals surface area contributed by atoms with Crippen molar-refractivity contribution >= 4 is 21.9 Å². The fourth-order valence-electron chi connectivity index (χ4n) is 2.80. The molecule has 1 atom stereocenters. The highest BCUT2D eigenvalue weighted by atomic mass is 32.2. The van der Waals surface area contributed by atoms with Crippen molar-refractivity contribution in [3.8, 4) is 0 Å². The summed E-state index contributed by atoms with van der Waals surface area (Å²) in [5.41, 5.74) is 0.980. The zero-order valence-electron chi connectivity index (χ0n) is 13.1. The van der Waals surface area contributed by atoms with E-state index in [2.05, 4.69) is 5.32 Å². The molecule has 0 aliphatic carbocycles. The summed E-state index contributed by atoms with van der Waals surface area (Å²) in [5.74, 6) is -1.50. The van der Waals surface area contributed by atoms with Crippen LogP contribution in [0.2, 0.25) is 0 Å². The van der Waals surface area contributed by atoms with E-state index in [0.717, 1.165) is 12.7 Å². The summed E-state index contributed by atoms with van der Waals surface area (Å²) >= 11 is 0. The number of carboxylic acid groups (broad SMARTS) is 1. The second-order valence-corrected chi connectivity index (χ2v) is 7.71. The minimum atomic E-state index is -3.28. The Morgan fingerprint density at radius 3 is 2.57 bits per heavy atom. The van der Waals surface area contributed by atoms with Crippen molar-refractivity contribution in [1.29, 1.82) is 0 Å². The molecule has 23 heavy (non-hydrogen) atoms. The quantitative estimate of drug-likeness (QED) is 0.827. The van der Waals surface area contributed by atoms with E-state index in [1.165, 1.54) is 16.4 Å². The SMILES string of the molecule is Cc1cc(C(=O)O)cc(C(=O)NC[C@H]2CCCN2S(C)(=O)=O)c1. The molecule has 126 valence electrons. The van der Waals surface area contributed by atoms with E-state index in [0.29, 0.717) is 18.5 Å². The Balaban J connectivity index is 2.07. The van der Waals surface area contributed by atoms with Gasteiger partial charge in [0.2, 0.25) is 10.0 Å². The van der Waals surface area contributed by atoms with E-state index in [-0.39, 0.29) is 23.7 Å². The molecule has 0 bridgehead atoms. The van der Waals surface area contributed by atoms with Crippen molar-refractivity contribution < 1.29 is 23.1 Å². The Bertz CT molecular complexity index is 729. The number of aromatic carboxylic acids is 1. The highest BCUT2D eigenvalue weighted by Gasteiger charge is 2.31. The van der Waals surface area contributed by atoms with Crippen LogP contribution in [0.15, 0.2) is 18.2 Å². The highest BCUT2D eigenvalue weighted by molar-refractivity contribution is 7.88. The van der Waals surface area contributed by atoms with E-state index < -0.39 is 21.9 Å². The largest absolute Gasteiger partial charge is 0.478 e. The number of hydrogen-bond donors (Lipinski definition) is 2. The normalized spacial score (nSPS) is 18.8. The first-order valence-electron chi connectivity index (χ1n) is 7.28. The first-order valence-corrected chi connectivity index (χ1v) is 9.13. The zero-order valence-corrected chi connectivity index (χ0v) is 13.9. The molecule has 1 aliphatic rings. The highest BCUT2D eigenvalue weighted by Crippen LogP contribution is 2.19. The van der Waals surface area contributed by atoms with Crippen LogP contribution in [0.3, 0.4) is 0 Å². The number of amides is 1. The molecule has 1 aromatic carbocycles. The van der Waals surface area contributed by atoms with Gasteiger partial charge >= 0.3 is 5.97 Å². The molecule has 1 aromatic rings. The summed E-state index contributed by atoms with van der Waals surface area (Å²) in [4.78, 5) is 23.3. The lowest BCUT2D eigenvalue weighted by Gasteiger charge is -2.22. The van der Waals surface area contributed by atoms with E-state index in [4.69, 9.17) is 5.11 Å². The molecular formula is C15H20N2O5S. The summed E-state index contributed by atoms with van der Waals surface area (Å²) < 4.78 is 24.7. The van der Waals surface area contributed by atoms with Crippen molar-refractivity contribution in [2.24, 2.45) is 0 Å². The molecule has 2 rings (SSSR count). The van der Waals surface area contributed by atoms with Gasteiger partial charge in [-0.15, -0.1) is 0 Å². The van der Waals surface area contributed by atoms with Gasteiger partial charge in [0, 0.05) is 24.7 Å². The Kier molecular flexibility index (Phi) is 5.06. The first-order chi connectivity index (χ1) is 10.7. The van der Waals surface area contributed by atoms with Gasteiger partial charge < -0.3 is 10.4 Å². The molecule has 0 saturated carbocycles. The lowest BCUT2D eigenvalue weighted by atomic mass is 10.1. The van der Waals surface area contributed by atoms with Crippen LogP contribution in [0.4, 0.5) is 0 Å². The van der Waals surface area contributed by atoms with Crippen molar-refractivity contribution in [2.75, 3.05) is 19.3 Å². The minimum Gasteiger partial charge on any atom is -0.478 e. The molecule has 1 saturated heterocycles. The smallest absolute Gasteiger partial charge is 0.335 e. The van der Waals surface area contributed by atoms with E-state index in [1.807, 2.05) is 0 Å². The molecule has 0 radical (unpaired) electrons. The van der Waals surface area contributed by atoms with Crippen LogP contribution >= 0.6 is 0 Å². The topological polar surface area (TPSA) is 104 Å². The average molecular weight is 340 g/mol. The number of sulfonamides is 1. The standard InChI is InChI=1S/C15H20N2O5S/c1-10-6-11(8-12(7-10)15(19)20)14(18)16-9-13-4-3-5-17(13)23(2,21)22/h6-8,13H,3-5,9H2,1-2H3,(H,16,18)(H,19,20)/t13-/m1/s1. The third kappa shape index (κ3) is 4.29. The summed E-state index contributed by atoms with van der Waals surface area (Å²) in [6.07, 6.45) is 2.62. The molecule has 1 fully saturated rings. The molecule has 1 amide bonds. The molecule has 1 heterocycles. The summed E-state index contributed by atoms with van der Waals surface area (Å²) in [6.45, 7) is 2.39. The van der Waals surface area contributed by atoms with Gasteiger partial charge in [-0.25, -0.2) is 13.2 Å². The van der Waals surface area contributed by atoms with Gasteiger partial charge in [0.25, 0.3) is 5.91 Å². The van der Waals surface area contributed by atoms with Crippen LogP contribution in [-0.2, 0) is 10.0 Å². The van der Waals surface area contributed by atoms with Crippen LogP contribution in [0.25, 0.3) is 0 Å². The Morgan fingerprint density at radius 2 is 1.96 bits per heavy atom. The van der Waals surface area contributed by atoms with Crippen LogP contribution in [-0.4, -0.2) is 55.1 Å². The van der Waals surface area contributed by atoms with Gasteiger partial charge in [-0.3, -0.25) is 4.79 Å². The lowest BCUT2D eigenvalue weighted by molar-refractivity contribution is 0.0696. The third-order valence-corrected chi connectivity index (χ3v) is 5.17. The van der Waals surface area contributed by atoms with Crippen molar-refractivity contribution in [3.05, 3.63) is 34.9 Å². The number of carboxylic acids is 1. The number of carbonyl (C=O) groups is 2.